The standard InChI is InChI=1S/C13H18N2O3/c1-2-3-4-7-15-12(16)10-18-13(17)11-5-8-14-9-6-11/h5-6,8-9H,2-4,7,10H2,1H3,(H,15,16). The number of carbonyl (C=O) groups excluding carboxylic acids is 2. The first-order valence-corrected chi connectivity index (χ1v) is 6.08. The molecular weight excluding hydrogens is 232 g/mol. The molecule has 1 aromatic rings. The van der Waals surface area contributed by atoms with Crippen molar-refractivity contribution in [2.24, 2.45) is 0 Å². The van der Waals surface area contributed by atoms with Crippen molar-refractivity contribution in [3.8, 4) is 0 Å². The topological polar surface area (TPSA) is 68.3 Å². The van der Waals surface area contributed by atoms with Gasteiger partial charge in [-0.15, -0.1) is 0 Å². The van der Waals surface area contributed by atoms with Gasteiger partial charge in [-0.2, -0.15) is 0 Å². The largest absolute Gasteiger partial charge is 0.452 e. The average Bonchev–Trinajstić information content (AvgIpc) is 2.42. The minimum Gasteiger partial charge on any atom is -0.452 e. The quantitative estimate of drug-likeness (QED) is 0.589. The van der Waals surface area contributed by atoms with Gasteiger partial charge in [-0.3, -0.25) is 9.78 Å². The normalized spacial score (nSPS) is 9.83. The second kappa shape index (κ2) is 8.22. The number of unbranched alkanes of at least 4 members (excludes halogenated alkanes) is 2. The van der Waals surface area contributed by atoms with E-state index in [1.54, 1.807) is 12.1 Å². The first-order valence-electron chi connectivity index (χ1n) is 6.08. The highest BCUT2D eigenvalue weighted by atomic mass is 16.5. The number of carbonyl (C=O) groups is 2. The summed E-state index contributed by atoms with van der Waals surface area (Å²) in [4.78, 5) is 26.6. The van der Waals surface area contributed by atoms with Crippen molar-refractivity contribution in [3.63, 3.8) is 0 Å². The van der Waals surface area contributed by atoms with Crippen molar-refractivity contribution < 1.29 is 14.3 Å². The monoisotopic (exact) mass is 250 g/mol. The van der Waals surface area contributed by atoms with Gasteiger partial charge in [0.1, 0.15) is 0 Å². The fourth-order valence-electron chi connectivity index (χ4n) is 1.36. The fourth-order valence-corrected chi connectivity index (χ4v) is 1.36. The predicted molar refractivity (Wildman–Crippen MR) is 67.1 cm³/mol. The zero-order chi connectivity index (χ0) is 13.2. The molecule has 1 aromatic heterocycles. The molecule has 0 bridgehead atoms. The molecule has 0 aromatic carbocycles. The summed E-state index contributed by atoms with van der Waals surface area (Å²) in [5, 5.41) is 2.70. The highest BCUT2D eigenvalue weighted by Crippen LogP contribution is 1.98. The van der Waals surface area contributed by atoms with Crippen LogP contribution in [0.2, 0.25) is 0 Å². The number of ether oxygens (including phenoxy) is 1. The van der Waals surface area contributed by atoms with Gasteiger partial charge in [0, 0.05) is 18.9 Å². The SMILES string of the molecule is CCCCCNC(=O)COC(=O)c1ccncc1. The van der Waals surface area contributed by atoms with Crippen LogP contribution in [0.4, 0.5) is 0 Å². The maximum absolute atomic E-state index is 11.5. The summed E-state index contributed by atoms with van der Waals surface area (Å²) in [6.07, 6.45) is 6.13. The lowest BCUT2D eigenvalue weighted by Gasteiger charge is -2.06. The van der Waals surface area contributed by atoms with Crippen LogP contribution in [-0.2, 0) is 9.53 Å². The molecule has 0 atom stereocenters. The molecule has 18 heavy (non-hydrogen) atoms. The van der Waals surface area contributed by atoms with E-state index in [0.717, 1.165) is 19.3 Å². The number of nitrogens with zero attached hydrogens (tertiary/aromatic N) is 1. The lowest BCUT2D eigenvalue weighted by Crippen LogP contribution is -2.29. The number of esters is 1. The molecular formula is C13H18N2O3. The molecule has 0 radical (unpaired) electrons. The molecule has 0 saturated carbocycles. The Balaban J connectivity index is 2.20. The van der Waals surface area contributed by atoms with E-state index in [4.69, 9.17) is 4.74 Å². The Hall–Kier alpha value is -1.91. The molecule has 1 amide bonds. The van der Waals surface area contributed by atoms with Crippen LogP contribution in [0, 0.1) is 0 Å². The summed E-state index contributed by atoms with van der Waals surface area (Å²) in [6, 6.07) is 3.09. The Labute approximate surface area is 107 Å². The van der Waals surface area contributed by atoms with Crippen molar-refractivity contribution in [3.05, 3.63) is 30.1 Å². The Morgan fingerprint density at radius 1 is 1.28 bits per heavy atom. The summed E-state index contributed by atoms with van der Waals surface area (Å²) in [7, 11) is 0. The van der Waals surface area contributed by atoms with Crippen molar-refractivity contribution in [2.75, 3.05) is 13.2 Å². The van der Waals surface area contributed by atoms with Crippen LogP contribution < -0.4 is 5.32 Å². The maximum Gasteiger partial charge on any atom is 0.338 e. The third-order valence-electron chi connectivity index (χ3n) is 2.35. The minimum atomic E-state index is -0.513. The number of amides is 1. The first-order chi connectivity index (χ1) is 8.74. The van der Waals surface area contributed by atoms with E-state index in [9.17, 15) is 9.59 Å². The van der Waals surface area contributed by atoms with Gasteiger partial charge in [0.15, 0.2) is 6.61 Å². The summed E-state index contributed by atoms with van der Waals surface area (Å²) in [5.41, 5.74) is 0.392. The smallest absolute Gasteiger partial charge is 0.338 e. The van der Waals surface area contributed by atoms with E-state index in [1.165, 1.54) is 12.4 Å². The molecule has 5 nitrogen and oxygen atoms in total. The number of aromatic nitrogens is 1. The summed E-state index contributed by atoms with van der Waals surface area (Å²) < 4.78 is 4.87. The average molecular weight is 250 g/mol. The molecule has 0 saturated heterocycles. The van der Waals surface area contributed by atoms with Crippen molar-refractivity contribution in [1.29, 1.82) is 0 Å². The zero-order valence-corrected chi connectivity index (χ0v) is 10.5. The molecule has 98 valence electrons. The Morgan fingerprint density at radius 3 is 2.67 bits per heavy atom. The number of hydrogen-bond donors (Lipinski definition) is 1. The first kappa shape index (κ1) is 14.2. The molecule has 0 aliphatic rings. The third kappa shape index (κ3) is 5.43. The Bertz CT molecular complexity index is 379. The fraction of sp³-hybridized carbons (Fsp3) is 0.462. The molecule has 0 spiro atoms. The summed E-state index contributed by atoms with van der Waals surface area (Å²) >= 11 is 0. The van der Waals surface area contributed by atoms with Crippen molar-refractivity contribution in [1.82, 2.24) is 10.3 Å². The van der Waals surface area contributed by atoms with Gasteiger partial charge in [-0.25, -0.2) is 4.79 Å². The van der Waals surface area contributed by atoms with Crippen LogP contribution >= 0.6 is 0 Å². The third-order valence-corrected chi connectivity index (χ3v) is 2.35. The molecule has 0 fully saturated rings. The van der Waals surface area contributed by atoms with Gasteiger partial charge >= 0.3 is 5.97 Å². The summed E-state index contributed by atoms with van der Waals surface area (Å²) in [6.45, 7) is 2.48. The van der Waals surface area contributed by atoms with Gasteiger partial charge < -0.3 is 10.1 Å². The molecule has 0 unspecified atom stereocenters. The molecule has 0 aliphatic carbocycles. The van der Waals surface area contributed by atoms with Gasteiger partial charge in [0.05, 0.1) is 5.56 Å². The number of pyridine rings is 1. The summed E-state index contributed by atoms with van der Waals surface area (Å²) in [5.74, 6) is -0.783. The zero-order valence-electron chi connectivity index (χ0n) is 10.5. The second-order valence-corrected chi connectivity index (χ2v) is 3.87. The minimum absolute atomic E-state index is 0.243. The van der Waals surface area contributed by atoms with Gasteiger partial charge in [0.25, 0.3) is 5.91 Å². The molecule has 5 heteroatoms. The van der Waals surface area contributed by atoms with Crippen molar-refractivity contribution in [2.45, 2.75) is 26.2 Å². The highest BCUT2D eigenvalue weighted by Gasteiger charge is 2.08. The lowest BCUT2D eigenvalue weighted by atomic mass is 10.2. The number of hydrogen-bond acceptors (Lipinski definition) is 4. The van der Waals surface area contributed by atoms with E-state index in [1.807, 2.05) is 0 Å². The predicted octanol–water partition coefficient (Wildman–Crippen LogP) is 1.54. The van der Waals surface area contributed by atoms with E-state index >= 15 is 0 Å². The van der Waals surface area contributed by atoms with E-state index in [0.29, 0.717) is 12.1 Å². The van der Waals surface area contributed by atoms with Gasteiger partial charge in [-0.05, 0) is 18.6 Å². The van der Waals surface area contributed by atoms with Gasteiger partial charge in [-0.1, -0.05) is 19.8 Å². The van der Waals surface area contributed by atoms with Crippen LogP contribution in [0.25, 0.3) is 0 Å². The van der Waals surface area contributed by atoms with Crippen LogP contribution in [-0.4, -0.2) is 30.0 Å². The van der Waals surface area contributed by atoms with E-state index < -0.39 is 5.97 Å². The van der Waals surface area contributed by atoms with Crippen molar-refractivity contribution >= 4 is 11.9 Å². The number of nitrogens with one attached hydrogen (secondary N) is 1. The van der Waals surface area contributed by atoms with Gasteiger partial charge in [0.2, 0.25) is 0 Å². The number of rotatable bonds is 7. The lowest BCUT2D eigenvalue weighted by molar-refractivity contribution is -0.124. The molecule has 1 N–H and O–H groups in total. The highest BCUT2D eigenvalue weighted by molar-refractivity contribution is 5.91. The van der Waals surface area contributed by atoms with Crippen LogP contribution in [0.1, 0.15) is 36.5 Å². The Morgan fingerprint density at radius 2 is 2.00 bits per heavy atom. The van der Waals surface area contributed by atoms with Crippen LogP contribution in [0.15, 0.2) is 24.5 Å². The Kier molecular flexibility index (Phi) is 6.46. The van der Waals surface area contributed by atoms with E-state index in [-0.39, 0.29) is 12.5 Å². The maximum atomic E-state index is 11.5. The van der Waals surface area contributed by atoms with Crippen LogP contribution in [0.5, 0.6) is 0 Å². The molecule has 0 aliphatic heterocycles. The van der Waals surface area contributed by atoms with Crippen LogP contribution in [0.3, 0.4) is 0 Å². The molecule has 1 rings (SSSR count). The second-order valence-electron chi connectivity index (χ2n) is 3.87. The van der Waals surface area contributed by atoms with E-state index in [2.05, 4.69) is 17.2 Å². The molecule has 1 heterocycles.